The van der Waals surface area contributed by atoms with Crippen LogP contribution < -0.4 is 16.0 Å². The Hall–Kier alpha value is -1.83. The van der Waals surface area contributed by atoms with Crippen molar-refractivity contribution in [1.82, 2.24) is 25.8 Å². The van der Waals surface area contributed by atoms with Gasteiger partial charge in [-0.1, -0.05) is 6.42 Å². The van der Waals surface area contributed by atoms with Crippen LogP contribution in [0.2, 0.25) is 0 Å². The Morgan fingerprint density at radius 3 is 2.41 bits per heavy atom. The number of guanidine groups is 1. The van der Waals surface area contributed by atoms with Crippen LogP contribution in [-0.2, 0) is 4.79 Å². The summed E-state index contributed by atoms with van der Waals surface area (Å²) in [5.74, 6) is 0.518. The van der Waals surface area contributed by atoms with Gasteiger partial charge < -0.3 is 20.9 Å². The predicted octanol–water partition coefficient (Wildman–Crippen LogP) is -0.811. The van der Waals surface area contributed by atoms with Gasteiger partial charge >= 0.3 is 6.03 Å². The Morgan fingerprint density at radius 1 is 1.14 bits per heavy atom. The maximum atomic E-state index is 11.4. The Morgan fingerprint density at radius 2 is 1.82 bits per heavy atom. The number of carbonyl (C=O) groups excluding carboxylic acids is 2. The molecule has 0 saturated carbocycles. The smallest absolute Gasteiger partial charge is 0.324 e. The van der Waals surface area contributed by atoms with Crippen molar-refractivity contribution < 1.29 is 9.59 Å². The van der Waals surface area contributed by atoms with E-state index in [0.29, 0.717) is 19.0 Å². The van der Waals surface area contributed by atoms with Gasteiger partial charge in [0.25, 0.3) is 0 Å². The highest BCUT2D eigenvalue weighted by atomic mass is 16.2. The van der Waals surface area contributed by atoms with E-state index in [1.165, 1.54) is 37.3 Å². The molecule has 2 heterocycles. The van der Waals surface area contributed by atoms with Gasteiger partial charge in [0.2, 0.25) is 5.91 Å². The van der Waals surface area contributed by atoms with E-state index in [0.717, 1.165) is 13.1 Å². The fourth-order valence-electron chi connectivity index (χ4n) is 2.70. The second kappa shape index (κ2) is 8.57. The van der Waals surface area contributed by atoms with Crippen molar-refractivity contribution in [3.8, 4) is 0 Å². The van der Waals surface area contributed by atoms with E-state index in [4.69, 9.17) is 0 Å². The molecule has 3 amide bonds. The molecular formula is C14H26N6O2. The first-order valence-electron chi connectivity index (χ1n) is 7.96. The fraction of sp³-hybridized carbons (Fsp3) is 0.786. The average Bonchev–Trinajstić information content (AvgIpc) is 2.86. The Bertz CT molecular complexity index is 404. The lowest BCUT2D eigenvalue weighted by Crippen LogP contribution is -2.45. The van der Waals surface area contributed by atoms with Crippen LogP contribution in [-0.4, -0.2) is 80.6 Å². The van der Waals surface area contributed by atoms with Gasteiger partial charge in [-0.3, -0.25) is 14.7 Å². The maximum Gasteiger partial charge on any atom is 0.324 e. The molecule has 0 bridgehead atoms. The molecular weight excluding hydrogens is 284 g/mol. The van der Waals surface area contributed by atoms with Crippen molar-refractivity contribution >= 4 is 17.9 Å². The van der Waals surface area contributed by atoms with Gasteiger partial charge in [-0.25, -0.2) is 4.79 Å². The van der Waals surface area contributed by atoms with Crippen molar-refractivity contribution in [2.45, 2.75) is 19.3 Å². The van der Waals surface area contributed by atoms with Gasteiger partial charge in [0.15, 0.2) is 5.96 Å². The number of carbonyl (C=O) groups is 2. The molecule has 0 aromatic heterocycles. The lowest BCUT2D eigenvalue weighted by molar-refractivity contribution is -0.124. The highest BCUT2D eigenvalue weighted by Crippen LogP contribution is 2.07. The Balaban J connectivity index is 1.60. The molecule has 2 fully saturated rings. The fourth-order valence-corrected chi connectivity index (χ4v) is 2.70. The first kappa shape index (κ1) is 16.5. The molecule has 124 valence electrons. The van der Waals surface area contributed by atoms with Crippen LogP contribution in [0.5, 0.6) is 0 Å². The molecule has 0 aromatic carbocycles. The van der Waals surface area contributed by atoms with Crippen LogP contribution >= 0.6 is 0 Å². The van der Waals surface area contributed by atoms with Gasteiger partial charge in [0.05, 0.1) is 6.54 Å². The highest BCUT2D eigenvalue weighted by molar-refractivity contribution is 6.01. The number of hydrogen-bond acceptors (Lipinski definition) is 4. The lowest BCUT2D eigenvalue weighted by Gasteiger charge is -2.26. The summed E-state index contributed by atoms with van der Waals surface area (Å²) in [6.07, 6.45) is 3.92. The number of urea groups is 1. The molecule has 0 unspecified atom stereocenters. The zero-order chi connectivity index (χ0) is 15.8. The number of aliphatic imine (C=N–C) groups is 1. The molecule has 2 rings (SSSR count). The quantitative estimate of drug-likeness (QED) is 0.339. The minimum absolute atomic E-state index is 0.0989. The number of imide groups is 1. The molecule has 0 aromatic rings. The highest BCUT2D eigenvalue weighted by Gasteiger charge is 2.27. The van der Waals surface area contributed by atoms with E-state index in [9.17, 15) is 9.59 Å². The van der Waals surface area contributed by atoms with E-state index in [2.05, 4.69) is 25.8 Å². The second-order valence-corrected chi connectivity index (χ2v) is 5.53. The molecule has 0 aliphatic carbocycles. The average molecular weight is 310 g/mol. The van der Waals surface area contributed by atoms with E-state index < -0.39 is 0 Å². The normalized spacial score (nSPS) is 20.2. The van der Waals surface area contributed by atoms with Crippen LogP contribution in [0, 0.1) is 0 Å². The summed E-state index contributed by atoms with van der Waals surface area (Å²) in [4.78, 5) is 30.6. The summed E-state index contributed by atoms with van der Waals surface area (Å²) in [5.41, 5.74) is 0. The van der Waals surface area contributed by atoms with Crippen molar-refractivity contribution in [3.63, 3.8) is 0 Å². The van der Waals surface area contributed by atoms with Gasteiger partial charge in [-0.2, -0.15) is 0 Å². The van der Waals surface area contributed by atoms with Crippen molar-refractivity contribution in [2.24, 2.45) is 4.99 Å². The molecule has 2 aliphatic heterocycles. The summed E-state index contributed by atoms with van der Waals surface area (Å²) in [6.45, 7) is 5.14. The summed E-state index contributed by atoms with van der Waals surface area (Å²) in [7, 11) is 1.71. The van der Waals surface area contributed by atoms with Crippen LogP contribution in [0.3, 0.4) is 0 Å². The third kappa shape index (κ3) is 4.87. The van der Waals surface area contributed by atoms with E-state index in [1.807, 2.05) is 0 Å². The molecule has 2 aliphatic rings. The Kier molecular flexibility index (Phi) is 6.45. The van der Waals surface area contributed by atoms with Gasteiger partial charge in [0.1, 0.15) is 0 Å². The van der Waals surface area contributed by atoms with Crippen LogP contribution in [0.15, 0.2) is 4.99 Å². The topological polar surface area (TPSA) is 89.1 Å². The molecule has 3 N–H and O–H groups in total. The monoisotopic (exact) mass is 310 g/mol. The molecule has 0 atom stereocenters. The molecule has 8 nitrogen and oxygen atoms in total. The second-order valence-electron chi connectivity index (χ2n) is 5.53. The van der Waals surface area contributed by atoms with Crippen molar-refractivity contribution in [2.75, 3.05) is 52.9 Å². The standard InChI is InChI=1S/C14H26N6O2/c1-15-13(16-5-9-19-7-3-2-4-8-19)17-6-10-20-12(21)11-18-14(20)22/h2-11H2,1H3,(H,18,22)(H2,15,16,17). The first-order valence-corrected chi connectivity index (χ1v) is 7.96. The molecule has 0 spiro atoms. The maximum absolute atomic E-state index is 11.4. The van der Waals surface area contributed by atoms with Gasteiger partial charge in [-0.15, -0.1) is 0 Å². The number of likely N-dealkylation sites (tertiary alicyclic amines) is 1. The van der Waals surface area contributed by atoms with Crippen LogP contribution in [0.1, 0.15) is 19.3 Å². The van der Waals surface area contributed by atoms with Crippen LogP contribution in [0.4, 0.5) is 4.79 Å². The third-order valence-corrected chi connectivity index (χ3v) is 3.96. The Labute approximate surface area is 131 Å². The number of rotatable bonds is 6. The van der Waals surface area contributed by atoms with Crippen molar-refractivity contribution in [3.05, 3.63) is 0 Å². The number of hydrogen-bond donors (Lipinski definition) is 3. The summed E-state index contributed by atoms with van der Waals surface area (Å²) >= 11 is 0. The summed E-state index contributed by atoms with van der Waals surface area (Å²) in [6, 6.07) is -0.320. The van der Waals surface area contributed by atoms with E-state index in [1.54, 1.807) is 7.05 Å². The molecule has 0 radical (unpaired) electrons. The molecule has 2 saturated heterocycles. The number of amides is 3. The molecule has 22 heavy (non-hydrogen) atoms. The van der Waals surface area contributed by atoms with E-state index in [-0.39, 0.29) is 18.5 Å². The predicted molar refractivity (Wildman–Crippen MR) is 84.8 cm³/mol. The van der Waals surface area contributed by atoms with Gasteiger partial charge in [0, 0.05) is 33.2 Å². The SMILES string of the molecule is CN=C(NCCN1CCCCC1)NCCN1C(=O)CNC1=O. The zero-order valence-corrected chi connectivity index (χ0v) is 13.2. The van der Waals surface area contributed by atoms with Crippen LogP contribution in [0.25, 0.3) is 0 Å². The van der Waals surface area contributed by atoms with E-state index >= 15 is 0 Å². The number of nitrogens with zero attached hydrogens (tertiary/aromatic N) is 3. The number of nitrogens with one attached hydrogen (secondary N) is 3. The molecule has 8 heteroatoms. The largest absolute Gasteiger partial charge is 0.355 e. The lowest BCUT2D eigenvalue weighted by atomic mass is 10.1. The van der Waals surface area contributed by atoms with Gasteiger partial charge in [-0.05, 0) is 25.9 Å². The minimum Gasteiger partial charge on any atom is -0.355 e. The zero-order valence-electron chi connectivity index (χ0n) is 13.2. The van der Waals surface area contributed by atoms with Crippen molar-refractivity contribution in [1.29, 1.82) is 0 Å². The first-order chi connectivity index (χ1) is 10.7. The third-order valence-electron chi connectivity index (χ3n) is 3.96. The number of piperidine rings is 1. The minimum atomic E-state index is -0.320. The summed E-state index contributed by atoms with van der Waals surface area (Å²) in [5, 5.41) is 8.88. The summed E-state index contributed by atoms with van der Waals surface area (Å²) < 4.78 is 0.